The third-order valence-electron chi connectivity index (χ3n) is 2.25. The minimum absolute atomic E-state index is 0.0384. The summed E-state index contributed by atoms with van der Waals surface area (Å²) in [4.78, 5) is 22.7. The van der Waals surface area contributed by atoms with Gasteiger partial charge in [-0.25, -0.2) is 4.79 Å². The zero-order valence-electron chi connectivity index (χ0n) is 10.1. The Labute approximate surface area is 104 Å². The number of aliphatic hydroxyl groups excluding tert-OH is 3. The Hall–Kier alpha value is -1.60. The third-order valence-corrected chi connectivity index (χ3v) is 2.25. The fourth-order valence-electron chi connectivity index (χ4n) is 1.40. The molecule has 0 amide bonds. The first-order valence-corrected chi connectivity index (χ1v) is 5.50. The van der Waals surface area contributed by atoms with Crippen molar-refractivity contribution < 1.29 is 34.4 Å². The van der Waals surface area contributed by atoms with E-state index in [2.05, 4.69) is 4.74 Å². The summed E-state index contributed by atoms with van der Waals surface area (Å²) < 4.78 is 9.29. The number of hydrogen-bond acceptors (Lipinski definition) is 7. The number of carbonyl (C=O) groups excluding carboxylic acids is 2. The first kappa shape index (κ1) is 14.5. The first-order chi connectivity index (χ1) is 8.36. The lowest BCUT2D eigenvalue weighted by molar-refractivity contribution is -0.153. The molecule has 0 radical (unpaired) electrons. The molecule has 1 heterocycles. The highest BCUT2D eigenvalue weighted by molar-refractivity contribution is 5.92. The summed E-state index contributed by atoms with van der Waals surface area (Å²) in [7, 11) is 0. The van der Waals surface area contributed by atoms with E-state index in [0.29, 0.717) is 0 Å². The number of ether oxygens (including phenoxy) is 2. The molecule has 0 saturated carbocycles. The van der Waals surface area contributed by atoms with Gasteiger partial charge in [0.2, 0.25) is 0 Å². The van der Waals surface area contributed by atoms with E-state index in [1.165, 1.54) is 0 Å². The van der Waals surface area contributed by atoms with Gasteiger partial charge in [-0.05, 0) is 5.92 Å². The Morgan fingerprint density at radius 1 is 1.50 bits per heavy atom. The SMILES string of the molecule is CC(C)CC(=O)OC1=C(O)[C@@H]([C@@H](O)CO)OC1=O. The van der Waals surface area contributed by atoms with Crippen LogP contribution in [-0.2, 0) is 19.1 Å². The Kier molecular flexibility index (Phi) is 4.69. The number of cyclic esters (lactones) is 1. The first-order valence-electron chi connectivity index (χ1n) is 5.50. The minimum Gasteiger partial charge on any atom is -0.505 e. The van der Waals surface area contributed by atoms with Gasteiger partial charge in [-0.2, -0.15) is 0 Å². The van der Waals surface area contributed by atoms with Gasteiger partial charge in [0.15, 0.2) is 11.9 Å². The van der Waals surface area contributed by atoms with E-state index < -0.39 is 42.3 Å². The van der Waals surface area contributed by atoms with Gasteiger partial charge < -0.3 is 24.8 Å². The third kappa shape index (κ3) is 3.21. The number of carbonyl (C=O) groups is 2. The molecule has 7 nitrogen and oxygen atoms in total. The van der Waals surface area contributed by atoms with Crippen LogP contribution >= 0.6 is 0 Å². The number of rotatable bonds is 5. The van der Waals surface area contributed by atoms with Crippen molar-refractivity contribution >= 4 is 11.9 Å². The Morgan fingerprint density at radius 2 is 2.11 bits per heavy atom. The highest BCUT2D eigenvalue weighted by atomic mass is 16.6. The van der Waals surface area contributed by atoms with Gasteiger partial charge in [-0.3, -0.25) is 4.79 Å². The smallest absolute Gasteiger partial charge is 0.378 e. The lowest BCUT2D eigenvalue weighted by atomic mass is 10.1. The highest BCUT2D eigenvalue weighted by Gasteiger charge is 2.41. The maximum atomic E-state index is 11.4. The van der Waals surface area contributed by atoms with Crippen LogP contribution in [-0.4, -0.2) is 46.1 Å². The fourth-order valence-corrected chi connectivity index (χ4v) is 1.40. The molecule has 1 aliphatic rings. The molecule has 0 saturated heterocycles. The summed E-state index contributed by atoms with van der Waals surface area (Å²) in [5.41, 5.74) is 0. The standard InChI is InChI=1S/C11H16O7/c1-5(2)3-7(14)17-10-8(15)9(6(13)4-12)18-11(10)16/h5-6,9,12-13,15H,3-4H2,1-2H3/t6-,9+/m0/s1. The summed E-state index contributed by atoms with van der Waals surface area (Å²) in [6, 6.07) is 0. The van der Waals surface area contributed by atoms with Crippen LogP contribution in [0.3, 0.4) is 0 Å². The van der Waals surface area contributed by atoms with Crippen molar-refractivity contribution in [2.45, 2.75) is 32.5 Å². The van der Waals surface area contributed by atoms with Crippen LogP contribution in [0, 0.1) is 5.92 Å². The van der Waals surface area contributed by atoms with Crippen LogP contribution in [0.4, 0.5) is 0 Å². The van der Waals surface area contributed by atoms with Crippen molar-refractivity contribution in [2.24, 2.45) is 5.92 Å². The second-order valence-corrected chi connectivity index (χ2v) is 4.36. The highest BCUT2D eigenvalue weighted by Crippen LogP contribution is 2.24. The second kappa shape index (κ2) is 5.83. The minimum atomic E-state index is -1.46. The van der Waals surface area contributed by atoms with Crippen LogP contribution in [0.15, 0.2) is 11.5 Å². The Balaban J connectivity index is 2.77. The van der Waals surface area contributed by atoms with E-state index in [-0.39, 0.29) is 12.3 Å². The quantitative estimate of drug-likeness (QED) is 0.577. The van der Waals surface area contributed by atoms with E-state index in [1.54, 1.807) is 13.8 Å². The van der Waals surface area contributed by atoms with Crippen LogP contribution in [0.5, 0.6) is 0 Å². The van der Waals surface area contributed by atoms with Gasteiger partial charge in [0.05, 0.1) is 6.61 Å². The van der Waals surface area contributed by atoms with Gasteiger partial charge in [0.1, 0.15) is 6.10 Å². The number of hydrogen-bond donors (Lipinski definition) is 3. The van der Waals surface area contributed by atoms with Gasteiger partial charge in [-0.15, -0.1) is 0 Å². The Morgan fingerprint density at radius 3 is 2.61 bits per heavy atom. The van der Waals surface area contributed by atoms with Crippen molar-refractivity contribution in [2.75, 3.05) is 6.61 Å². The second-order valence-electron chi connectivity index (χ2n) is 4.36. The molecule has 102 valence electrons. The average Bonchev–Trinajstić information content (AvgIpc) is 2.55. The van der Waals surface area contributed by atoms with Gasteiger partial charge in [0.25, 0.3) is 5.76 Å². The topological polar surface area (TPSA) is 113 Å². The molecular weight excluding hydrogens is 244 g/mol. The lowest BCUT2D eigenvalue weighted by Gasteiger charge is -2.13. The van der Waals surface area contributed by atoms with Crippen molar-refractivity contribution in [3.63, 3.8) is 0 Å². The molecular formula is C11H16O7. The summed E-state index contributed by atoms with van der Waals surface area (Å²) >= 11 is 0. The molecule has 0 aromatic carbocycles. The molecule has 0 aliphatic carbocycles. The summed E-state index contributed by atoms with van der Waals surface area (Å²) in [6.07, 6.45) is -2.78. The van der Waals surface area contributed by atoms with Crippen LogP contribution < -0.4 is 0 Å². The van der Waals surface area contributed by atoms with Crippen LogP contribution in [0.1, 0.15) is 20.3 Å². The number of aliphatic hydroxyl groups is 3. The predicted molar refractivity (Wildman–Crippen MR) is 58.2 cm³/mol. The van der Waals surface area contributed by atoms with E-state index >= 15 is 0 Å². The number of esters is 2. The molecule has 0 bridgehead atoms. The molecule has 2 atom stereocenters. The molecule has 1 rings (SSSR count). The van der Waals surface area contributed by atoms with Crippen molar-refractivity contribution in [1.29, 1.82) is 0 Å². The van der Waals surface area contributed by atoms with E-state index in [0.717, 1.165) is 0 Å². The van der Waals surface area contributed by atoms with E-state index in [1.807, 2.05) is 0 Å². The molecule has 0 fully saturated rings. The lowest BCUT2D eigenvalue weighted by Crippen LogP contribution is -2.31. The van der Waals surface area contributed by atoms with E-state index in [9.17, 15) is 19.8 Å². The zero-order chi connectivity index (χ0) is 13.9. The van der Waals surface area contributed by atoms with Gasteiger partial charge in [-0.1, -0.05) is 13.8 Å². The van der Waals surface area contributed by atoms with Crippen molar-refractivity contribution in [1.82, 2.24) is 0 Å². The summed E-state index contributed by atoms with van der Waals surface area (Å²) in [6.45, 7) is 2.89. The van der Waals surface area contributed by atoms with Crippen molar-refractivity contribution in [3.05, 3.63) is 11.5 Å². The maximum absolute atomic E-state index is 11.4. The van der Waals surface area contributed by atoms with Gasteiger partial charge in [0, 0.05) is 6.42 Å². The Bertz CT molecular complexity index is 372. The molecule has 7 heteroatoms. The maximum Gasteiger partial charge on any atom is 0.378 e. The molecule has 0 unspecified atom stereocenters. The normalized spacial score (nSPS) is 21.2. The molecule has 3 N–H and O–H groups in total. The van der Waals surface area contributed by atoms with E-state index in [4.69, 9.17) is 9.84 Å². The van der Waals surface area contributed by atoms with Crippen molar-refractivity contribution in [3.8, 4) is 0 Å². The summed E-state index contributed by atoms with van der Waals surface area (Å²) in [5, 5.41) is 27.6. The largest absolute Gasteiger partial charge is 0.505 e. The fraction of sp³-hybridized carbons (Fsp3) is 0.636. The zero-order valence-corrected chi connectivity index (χ0v) is 10.1. The van der Waals surface area contributed by atoms with Gasteiger partial charge >= 0.3 is 11.9 Å². The monoisotopic (exact) mass is 260 g/mol. The van der Waals surface area contributed by atoms with Crippen LogP contribution in [0.2, 0.25) is 0 Å². The summed E-state index contributed by atoms with van der Waals surface area (Å²) in [5.74, 6) is -2.99. The molecule has 18 heavy (non-hydrogen) atoms. The molecule has 0 aromatic heterocycles. The predicted octanol–water partition coefficient (Wildman–Crippen LogP) is -0.376. The molecule has 0 aromatic rings. The average molecular weight is 260 g/mol. The van der Waals surface area contributed by atoms with Crippen LogP contribution in [0.25, 0.3) is 0 Å². The molecule has 0 spiro atoms. The molecule has 1 aliphatic heterocycles.